The van der Waals surface area contributed by atoms with Crippen molar-refractivity contribution in [1.29, 1.82) is 0 Å². The molecule has 6 nitrogen and oxygen atoms in total. The molecule has 32 heavy (non-hydrogen) atoms. The van der Waals surface area contributed by atoms with Crippen LogP contribution in [-0.4, -0.2) is 57.4 Å². The molecule has 1 aliphatic rings. The monoisotopic (exact) mass is 458 g/mol. The van der Waals surface area contributed by atoms with Gasteiger partial charge in [0.15, 0.2) is 0 Å². The third-order valence-electron chi connectivity index (χ3n) is 5.58. The molecular formula is C25H34N2O4S. The molecule has 0 fully saturated rings. The summed E-state index contributed by atoms with van der Waals surface area (Å²) in [4.78, 5) is 17.9. The van der Waals surface area contributed by atoms with E-state index in [2.05, 4.69) is 24.8 Å². The number of nitrogens with zero attached hydrogens (tertiary/aromatic N) is 2. The van der Waals surface area contributed by atoms with Gasteiger partial charge in [-0.05, 0) is 50.6 Å². The lowest BCUT2D eigenvalue weighted by Gasteiger charge is -2.27. The van der Waals surface area contributed by atoms with Gasteiger partial charge in [-0.25, -0.2) is 0 Å². The molecule has 1 atom stereocenters. The molecule has 0 bridgehead atoms. The van der Waals surface area contributed by atoms with E-state index >= 15 is 0 Å². The van der Waals surface area contributed by atoms with Gasteiger partial charge in [0.2, 0.25) is 5.91 Å². The topological polar surface area (TPSA) is 51.2 Å². The van der Waals surface area contributed by atoms with Crippen molar-refractivity contribution in [1.82, 2.24) is 4.90 Å². The van der Waals surface area contributed by atoms with E-state index in [-0.39, 0.29) is 11.3 Å². The Hall–Kier alpha value is -2.22. The van der Waals surface area contributed by atoms with Gasteiger partial charge in [0.25, 0.3) is 0 Å². The number of para-hydroxylation sites is 1. The van der Waals surface area contributed by atoms with E-state index in [9.17, 15) is 4.79 Å². The summed E-state index contributed by atoms with van der Waals surface area (Å²) in [6.07, 6.45) is 0.905. The smallest absolute Gasteiger partial charge is 0.225 e. The minimum Gasteiger partial charge on any atom is -0.497 e. The molecule has 7 heteroatoms. The van der Waals surface area contributed by atoms with Crippen LogP contribution in [0.15, 0.2) is 47.4 Å². The molecule has 1 unspecified atom stereocenters. The maximum Gasteiger partial charge on any atom is 0.225 e. The number of methoxy groups -OCH3 is 2. The standard InChI is InChI=1S/C25H34N2O4S/c1-18(2)26(14-16-29-4)13-8-15-31-23-12-11-20(30-5)17-21(23)25-27(19(3)28)22-9-6-7-10-24(22)32-25/h6-7,9-12,17-18,25H,8,13-16H2,1-5H3. The second kappa shape index (κ2) is 11.6. The summed E-state index contributed by atoms with van der Waals surface area (Å²) in [6.45, 7) is 9.17. The second-order valence-electron chi connectivity index (χ2n) is 8.06. The summed E-state index contributed by atoms with van der Waals surface area (Å²) in [5, 5.41) is -0.191. The molecule has 0 aromatic heterocycles. The Kier molecular flexibility index (Phi) is 8.84. The van der Waals surface area contributed by atoms with Crippen molar-refractivity contribution in [2.24, 2.45) is 0 Å². The van der Waals surface area contributed by atoms with Gasteiger partial charge < -0.3 is 14.2 Å². The van der Waals surface area contributed by atoms with Crippen molar-refractivity contribution in [2.45, 2.75) is 43.5 Å². The summed E-state index contributed by atoms with van der Waals surface area (Å²) in [5.74, 6) is 1.54. The van der Waals surface area contributed by atoms with Crippen LogP contribution in [0.1, 0.15) is 38.1 Å². The van der Waals surface area contributed by atoms with Crippen molar-refractivity contribution in [3.05, 3.63) is 48.0 Å². The first-order valence-corrected chi connectivity index (χ1v) is 11.9. The number of carbonyl (C=O) groups excluding carboxylic acids is 1. The number of carbonyl (C=O) groups is 1. The first kappa shape index (κ1) is 24.4. The zero-order chi connectivity index (χ0) is 23.1. The Bertz CT molecular complexity index is 905. The predicted molar refractivity (Wildman–Crippen MR) is 130 cm³/mol. The third kappa shape index (κ3) is 5.77. The van der Waals surface area contributed by atoms with Crippen LogP contribution in [0.3, 0.4) is 0 Å². The van der Waals surface area contributed by atoms with Gasteiger partial charge in [0.05, 0.1) is 26.0 Å². The Labute approximate surface area is 195 Å². The number of anilines is 1. The third-order valence-corrected chi connectivity index (χ3v) is 6.87. The molecule has 1 amide bonds. The highest BCUT2D eigenvalue weighted by molar-refractivity contribution is 8.00. The van der Waals surface area contributed by atoms with E-state index in [1.165, 1.54) is 0 Å². The Morgan fingerprint density at radius 1 is 1.12 bits per heavy atom. The second-order valence-corrected chi connectivity index (χ2v) is 9.18. The van der Waals surface area contributed by atoms with Crippen molar-refractivity contribution in [2.75, 3.05) is 45.4 Å². The van der Waals surface area contributed by atoms with Crippen LogP contribution < -0.4 is 14.4 Å². The first-order valence-electron chi connectivity index (χ1n) is 11.1. The van der Waals surface area contributed by atoms with Gasteiger partial charge in [-0.3, -0.25) is 14.6 Å². The zero-order valence-electron chi connectivity index (χ0n) is 19.7. The highest BCUT2D eigenvalue weighted by atomic mass is 32.2. The highest BCUT2D eigenvalue weighted by Gasteiger charge is 2.35. The summed E-state index contributed by atoms with van der Waals surface area (Å²) in [7, 11) is 3.38. The highest BCUT2D eigenvalue weighted by Crippen LogP contribution is 2.53. The lowest BCUT2D eigenvalue weighted by molar-refractivity contribution is -0.116. The number of benzene rings is 2. The quantitative estimate of drug-likeness (QED) is 0.443. The SMILES string of the molecule is COCCN(CCCOc1ccc(OC)cc1C1Sc2ccccc2N1C(C)=O)C(C)C. The van der Waals surface area contributed by atoms with Gasteiger partial charge in [0, 0.05) is 43.6 Å². The number of hydrogen-bond acceptors (Lipinski definition) is 6. The summed E-state index contributed by atoms with van der Waals surface area (Å²) >= 11 is 1.66. The van der Waals surface area contributed by atoms with Gasteiger partial charge in [-0.1, -0.05) is 23.9 Å². The van der Waals surface area contributed by atoms with Crippen LogP contribution in [0.5, 0.6) is 11.5 Å². The van der Waals surface area contributed by atoms with E-state index in [1.807, 2.05) is 41.3 Å². The summed E-state index contributed by atoms with van der Waals surface area (Å²) in [5.41, 5.74) is 1.88. The number of hydrogen-bond donors (Lipinski definition) is 0. The minimum atomic E-state index is -0.191. The summed E-state index contributed by atoms with van der Waals surface area (Å²) < 4.78 is 17.0. The average Bonchev–Trinajstić information content (AvgIpc) is 3.18. The molecule has 174 valence electrons. The number of rotatable bonds is 11. The van der Waals surface area contributed by atoms with Gasteiger partial charge in [-0.2, -0.15) is 0 Å². The van der Waals surface area contributed by atoms with E-state index in [0.717, 1.165) is 53.8 Å². The molecule has 2 aromatic rings. The van der Waals surface area contributed by atoms with E-state index in [1.54, 1.807) is 32.9 Å². The van der Waals surface area contributed by atoms with E-state index < -0.39 is 0 Å². The maximum absolute atomic E-state index is 12.6. The lowest BCUT2D eigenvalue weighted by atomic mass is 10.1. The predicted octanol–water partition coefficient (Wildman–Crippen LogP) is 4.98. The fourth-order valence-electron chi connectivity index (χ4n) is 3.86. The number of ether oxygens (including phenoxy) is 3. The number of amides is 1. The molecule has 0 radical (unpaired) electrons. The van der Waals surface area contributed by atoms with Crippen LogP contribution in [0.2, 0.25) is 0 Å². The molecule has 2 aromatic carbocycles. The van der Waals surface area contributed by atoms with Crippen molar-refractivity contribution in [3.63, 3.8) is 0 Å². The maximum atomic E-state index is 12.6. The lowest BCUT2D eigenvalue weighted by Crippen LogP contribution is -2.35. The molecule has 1 aliphatic heterocycles. The molecule has 0 N–H and O–H groups in total. The van der Waals surface area contributed by atoms with Crippen molar-refractivity contribution >= 4 is 23.4 Å². The number of thioether (sulfide) groups is 1. The molecule has 0 saturated carbocycles. The summed E-state index contributed by atoms with van der Waals surface area (Å²) in [6, 6.07) is 14.3. The van der Waals surface area contributed by atoms with Crippen LogP contribution in [0.25, 0.3) is 0 Å². The Morgan fingerprint density at radius 3 is 2.59 bits per heavy atom. The van der Waals surface area contributed by atoms with Gasteiger partial charge in [-0.15, -0.1) is 0 Å². The molecule has 0 spiro atoms. The van der Waals surface area contributed by atoms with Crippen molar-refractivity contribution in [3.8, 4) is 11.5 Å². The molecule has 3 rings (SSSR count). The van der Waals surface area contributed by atoms with Crippen LogP contribution in [-0.2, 0) is 9.53 Å². The van der Waals surface area contributed by atoms with Crippen molar-refractivity contribution < 1.29 is 19.0 Å². The van der Waals surface area contributed by atoms with Crippen LogP contribution in [0, 0.1) is 0 Å². The van der Waals surface area contributed by atoms with Gasteiger partial charge >= 0.3 is 0 Å². The fraction of sp³-hybridized carbons (Fsp3) is 0.480. The van der Waals surface area contributed by atoms with Gasteiger partial charge in [0.1, 0.15) is 16.9 Å². The molecule has 0 aliphatic carbocycles. The molecular weight excluding hydrogens is 424 g/mol. The average molecular weight is 459 g/mol. The number of fused-ring (bicyclic) bond motifs is 1. The first-order chi connectivity index (χ1) is 15.5. The molecule has 1 heterocycles. The van der Waals surface area contributed by atoms with Crippen LogP contribution in [0.4, 0.5) is 5.69 Å². The zero-order valence-corrected chi connectivity index (χ0v) is 20.5. The molecule has 0 saturated heterocycles. The normalized spacial score (nSPS) is 15.3. The van der Waals surface area contributed by atoms with Crippen LogP contribution >= 0.6 is 11.8 Å². The Balaban J connectivity index is 1.75. The Morgan fingerprint density at radius 2 is 1.91 bits per heavy atom. The minimum absolute atomic E-state index is 0.00642. The van der Waals surface area contributed by atoms with E-state index in [0.29, 0.717) is 12.6 Å². The van der Waals surface area contributed by atoms with E-state index in [4.69, 9.17) is 14.2 Å². The fourth-order valence-corrected chi connectivity index (χ4v) is 5.22. The largest absolute Gasteiger partial charge is 0.497 e.